The van der Waals surface area contributed by atoms with E-state index < -0.39 is 0 Å². The maximum absolute atomic E-state index is 6.03. The van der Waals surface area contributed by atoms with Crippen molar-refractivity contribution >= 4 is 17.3 Å². The predicted molar refractivity (Wildman–Crippen MR) is 84.0 cm³/mol. The van der Waals surface area contributed by atoms with E-state index in [0.717, 1.165) is 35.1 Å². The van der Waals surface area contributed by atoms with Crippen LogP contribution in [0.3, 0.4) is 0 Å². The molecule has 4 heteroatoms. The van der Waals surface area contributed by atoms with Crippen molar-refractivity contribution in [3.63, 3.8) is 0 Å². The van der Waals surface area contributed by atoms with E-state index in [2.05, 4.69) is 18.0 Å². The van der Waals surface area contributed by atoms with Crippen molar-refractivity contribution in [3.05, 3.63) is 58.6 Å². The normalized spacial score (nSPS) is 10.8. The van der Waals surface area contributed by atoms with Gasteiger partial charge in [0.05, 0.1) is 7.11 Å². The molecular weight excluding hydrogens is 272 g/mol. The van der Waals surface area contributed by atoms with Crippen LogP contribution in [0.5, 0.6) is 5.75 Å². The van der Waals surface area contributed by atoms with Gasteiger partial charge in [-0.25, -0.2) is 0 Å². The second-order valence-corrected chi connectivity index (χ2v) is 5.30. The van der Waals surface area contributed by atoms with E-state index in [1.807, 2.05) is 36.4 Å². The minimum atomic E-state index is 0.752. The van der Waals surface area contributed by atoms with Crippen LogP contribution >= 0.6 is 11.6 Å². The molecule has 0 saturated heterocycles. The first-order valence-corrected chi connectivity index (χ1v) is 6.81. The molecule has 0 aliphatic carbocycles. The number of rotatable bonds is 5. The summed E-state index contributed by atoms with van der Waals surface area (Å²) < 4.78 is 5.16. The van der Waals surface area contributed by atoms with E-state index in [-0.39, 0.29) is 0 Å². The minimum Gasteiger partial charge on any atom is -0.497 e. The number of hydrogen-bond acceptors (Lipinski definition) is 3. The summed E-state index contributed by atoms with van der Waals surface area (Å²) in [4.78, 5) is 2.20. The Balaban J connectivity index is 2.02. The fraction of sp³-hybridized carbons (Fsp3) is 0.250. The van der Waals surface area contributed by atoms with Gasteiger partial charge in [-0.15, -0.1) is 0 Å². The van der Waals surface area contributed by atoms with Gasteiger partial charge in [-0.2, -0.15) is 0 Å². The summed E-state index contributed by atoms with van der Waals surface area (Å²) in [6.07, 6.45) is 0. The lowest BCUT2D eigenvalue weighted by molar-refractivity contribution is 0.319. The Kier molecular flexibility index (Phi) is 4.88. The van der Waals surface area contributed by atoms with Gasteiger partial charge in [-0.05, 0) is 36.4 Å². The van der Waals surface area contributed by atoms with Crippen molar-refractivity contribution < 1.29 is 4.74 Å². The zero-order valence-corrected chi connectivity index (χ0v) is 12.5. The number of nitrogens with zero attached hydrogens (tertiary/aromatic N) is 1. The van der Waals surface area contributed by atoms with Gasteiger partial charge in [-0.3, -0.25) is 4.90 Å². The quantitative estimate of drug-likeness (QED) is 0.856. The summed E-state index contributed by atoms with van der Waals surface area (Å²) in [7, 11) is 3.70. The van der Waals surface area contributed by atoms with Crippen molar-refractivity contribution in [1.29, 1.82) is 0 Å². The average molecular weight is 291 g/mol. The van der Waals surface area contributed by atoms with Gasteiger partial charge in [0.2, 0.25) is 0 Å². The number of methoxy groups -OCH3 is 1. The molecule has 0 atom stereocenters. The van der Waals surface area contributed by atoms with Crippen LogP contribution in [-0.4, -0.2) is 19.1 Å². The van der Waals surface area contributed by atoms with Gasteiger partial charge < -0.3 is 10.5 Å². The Morgan fingerprint density at radius 1 is 1.15 bits per heavy atom. The number of ether oxygens (including phenoxy) is 1. The van der Waals surface area contributed by atoms with Crippen LogP contribution in [0, 0.1) is 0 Å². The first-order valence-electron chi connectivity index (χ1n) is 6.44. The van der Waals surface area contributed by atoms with Gasteiger partial charge in [-0.1, -0.05) is 29.8 Å². The molecule has 0 saturated carbocycles. The fourth-order valence-corrected chi connectivity index (χ4v) is 2.35. The standard InChI is InChI=1S/C16H19ClN2O/c1-19(10-12-4-3-5-14(17)8-12)11-13-6-7-15(20-2)9-16(13)18/h3-9H,10-11,18H2,1-2H3. The Labute approximate surface area is 124 Å². The molecule has 0 fully saturated rings. The molecule has 0 heterocycles. The summed E-state index contributed by atoms with van der Waals surface area (Å²) in [5.74, 6) is 0.781. The third kappa shape index (κ3) is 3.89. The van der Waals surface area contributed by atoms with Gasteiger partial charge >= 0.3 is 0 Å². The molecular formula is C16H19ClN2O. The van der Waals surface area contributed by atoms with Crippen LogP contribution in [-0.2, 0) is 13.1 Å². The predicted octanol–water partition coefficient (Wildman–Crippen LogP) is 3.56. The smallest absolute Gasteiger partial charge is 0.120 e. The maximum atomic E-state index is 6.03. The Morgan fingerprint density at radius 3 is 2.60 bits per heavy atom. The molecule has 0 amide bonds. The Hall–Kier alpha value is -1.71. The van der Waals surface area contributed by atoms with E-state index in [0.29, 0.717) is 0 Å². The number of nitrogen functional groups attached to an aromatic ring is 1. The zero-order valence-electron chi connectivity index (χ0n) is 11.8. The number of anilines is 1. The summed E-state index contributed by atoms with van der Waals surface area (Å²) in [6, 6.07) is 13.7. The van der Waals surface area contributed by atoms with Crippen LogP contribution in [0.15, 0.2) is 42.5 Å². The third-order valence-electron chi connectivity index (χ3n) is 3.13. The van der Waals surface area contributed by atoms with Crippen molar-refractivity contribution in [2.75, 3.05) is 19.9 Å². The van der Waals surface area contributed by atoms with Crippen LogP contribution in [0.25, 0.3) is 0 Å². The Bertz CT molecular complexity index is 586. The summed E-state index contributed by atoms with van der Waals surface area (Å²) in [5, 5.41) is 0.764. The third-order valence-corrected chi connectivity index (χ3v) is 3.37. The molecule has 3 nitrogen and oxygen atoms in total. The van der Waals surface area contributed by atoms with Crippen molar-refractivity contribution in [1.82, 2.24) is 4.90 Å². The monoisotopic (exact) mass is 290 g/mol. The molecule has 2 aromatic rings. The summed E-state index contributed by atoms with van der Waals surface area (Å²) >= 11 is 5.99. The lowest BCUT2D eigenvalue weighted by Crippen LogP contribution is -2.18. The zero-order chi connectivity index (χ0) is 14.5. The van der Waals surface area contributed by atoms with Gasteiger partial charge in [0.25, 0.3) is 0 Å². The molecule has 2 N–H and O–H groups in total. The first kappa shape index (κ1) is 14.7. The lowest BCUT2D eigenvalue weighted by Gasteiger charge is -2.18. The van der Waals surface area contributed by atoms with Crippen LogP contribution in [0.1, 0.15) is 11.1 Å². The van der Waals surface area contributed by atoms with Gasteiger partial charge in [0, 0.05) is 29.9 Å². The largest absolute Gasteiger partial charge is 0.497 e. The highest BCUT2D eigenvalue weighted by Crippen LogP contribution is 2.21. The molecule has 2 rings (SSSR count). The molecule has 0 spiro atoms. The highest BCUT2D eigenvalue weighted by atomic mass is 35.5. The number of halogens is 1. The van der Waals surface area contributed by atoms with Crippen LogP contribution in [0.2, 0.25) is 5.02 Å². The molecule has 0 radical (unpaired) electrons. The Morgan fingerprint density at radius 2 is 1.95 bits per heavy atom. The van der Waals surface area contributed by atoms with Crippen LogP contribution < -0.4 is 10.5 Å². The van der Waals surface area contributed by atoms with E-state index in [1.165, 1.54) is 5.56 Å². The van der Waals surface area contributed by atoms with E-state index in [9.17, 15) is 0 Å². The first-order chi connectivity index (χ1) is 9.58. The van der Waals surface area contributed by atoms with Crippen molar-refractivity contribution in [2.45, 2.75) is 13.1 Å². The second-order valence-electron chi connectivity index (χ2n) is 4.87. The lowest BCUT2D eigenvalue weighted by atomic mass is 10.1. The molecule has 0 aliphatic rings. The fourth-order valence-electron chi connectivity index (χ4n) is 2.14. The second kappa shape index (κ2) is 6.64. The number of benzene rings is 2. The van der Waals surface area contributed by atoms with Gasteiger partial charge in [0.1, 0.15) is 5.75 Å². The minimum absolute atomic E-state index is 0.752. The van der Waals surface area contributed by atoms with Crippen molar-refractivity contribution in [2.24, 2.45) is 0 Å². The van der Waals surface area contributed by atoms with Crippen LogP contribution in [0.4, 0.5) is 5.69 Å². The van der Waals surface area contributed by atoms with E-state index in [1.54, 1.807) is 7.11 Å². The summed E-state index contributed by atoms with van der Waals surface area (Å²) in [5.41, 5.74) is 9.07. The maximum Gasteiger partial charge on any atom is 0.120 e. The highest BCUT2D eigenvalue weighted by molar-refractivity contribution is 6.30. The molecule has 0 unspecified atom stereocenters. The van der Waals surface area contributed by atoms with E-state index in [4.69, 9.17) is 22.1 Å². The molecule has 0 aliphatic heterocycles. The topological polar surface area (TPSA) is 38.5 Å². The summed E-state index contributed by atoms with van der Waals surface area (Å²) in [6.45, 7) is 1.61. The van der Waals surface area contributed by atoms with E-state index >= 15 is 0 Å². The van der Waals surface area contributed by atoms with Gasteiger partial charge in [0.15, 0.2) is 0 Å². The number of nitrogens with two attached hydrogens (primary N) is 1. The molecule has 106 valence electrons. The molecule has 20 heavy (non-hydrogen) atoms. The van der Waals surface area contributed by atoms with Crippen molar-refractivity contribution in [3.8, 4) is 5.75 Å². The SMILES string of the molecule is COc1ccc(CN(C)Cc2cccc(Cl)c2)c(N)c1. The number of hydrogen-bond donors (Lipinski definition) is 1. The molecule has 0 aromatic heterocycles. The average Bonchev–Trinajstić information content (AvgIpc) is 2.41. The highest BCUT2D eigenvalue weighted by Gasteiger charge is 2.06. The molecule has 2 aromatic carbocycles. The molecule has 0 bridgehead atoms.